The van der Waals surface area contributed by atoms with Gasteiger partial charge in [-0.25, -0.2) is 0 Å². The average molecular weight is 433 g/mol. The molecule has 146 valence electrons. The number of rotatable bonds is 10. The van der Waals surface area contributed by atoms with Crippen molar-refractivity contribution in [3.05, 3.63) is 64.1 Å². The van der Waals surface area contributed by atoms with E-state index in [0.717, 1.165) is 35.0 Å². The smallest absolute Gasteiger partial charge is 0.220 e. The minimum Gasteiger partial charge on any atom is -0.497 e. The van der Waals surface area contributed by atoms with Gasteiger partial charge in [0.1, 0.15) is 5.75 Å². The number of nitrogens with zero attached hydrogens (tertiary/aromatic N) is 1. The standard InChI is InChI=1S/C22H29BrN2O2/c1-25(2)21(18-10-14-20(27-3)15-11-18)16-24-22(26)7-5-4-6-17-8-12-19(23)13-9-17/h8-15,21H,4-7,16H2,1-3H3,(H,24,26). The second kappa shape index (κ2) is 11.1. The molecule has 0 aliphatic heterocycles. The number of likely N-dealkylation sites (N-methyl/N-ethyl adjacent to an activating group) is 1. The van der Waals surface area contributed by atoms with Crippen LogP contribution in [0.5, 0.6) is 5.75 Å². The number of nitrogens with one attached hydrogen (secondary N) is 1. The predicted octanol–water partition coefficient (Wildman–Crippen LogP) is 4.59. The van der Waals surface area contributed by atoms with Crippen molar-refractivity contribution in [3.8, 4) is 5.75 Å². The highest BCUT2D eigenvalue weighted by molar-refractivity contribution is 9.10. The van der Waals surface area contributed by atoms with Gasteiger partial charge >= 0.3 is 0 Å². The molecule has 0 aliphatic rings. The van der Waals surface area contributed by atoms with Gasteiger partial charge in [0.05, 0.1) is 13.2 Å². The van der Waals surface area contributed by atoms with Crippen molar-refractivity contribution in [1.82, 2.24) is 10.2 Å². The van der Waals surface area contributed by atoms with Crippen LogP contribution in [0.3, 0.4) is 0 Å². The highest BCUT2D eigenvalue weighted by atomic mass is 79.9. The van der Waals surface area contributed by atoms with Gasteiger partial charge in [0.15, 0.2) is 0 Å². The zero-order valence-corrected chi connectivity index (χ0v) is 18.0. The van der Waals surface area contributed by atoms with E-state index in [9.17, 15) is 4.79 Å². The normalized spacial score (nSPS) is 12.0. The molecule has 0 fully saturated rings. The van der Waals surface area contributed by atoms with Crippen LogP contribution in [-0.2, 0) is 11.2 Å². The van der Waals surface area contributed by atoms with E-state index in [1.54, 1.807) is 7.11 Å². The van der Waals surface area contributed by atoms with Gasteiger partial charge in [-0.3, -0.25) is 4.79 Å². The van der Waals surface area contributed by atoms with Gasteiger partial charge in [-0.2, -0.15) is 0 Å². The van der Waals surface area contributed by atoms with Crippen LogP contribution >= 0.6 is 15.9 Å². The molecule has 0 saturated heterocycles. The number of amides is 1. The van der Waals surface area contributed by atoms with Gasteiger partial charge in [0.25, 0.3) is 0 Å². The number of aryl methyl sites for hydroxylation is 1. The maximum absolute atomic E-state index is 12.2. The molecule has 2 aromatic carbocycles. The largest absolute Gasteiger partial charge is 0.497 e. The lowest BCUT2D eigenvalue weighted by Gasteiger charge is -2.25. The molecule has 0 saturated carbocycles. The number of halogens is 1. The average Bonchev–Trinajstić information content (AvgIpc) is 2.67. The first-order valence-electron chi connectivity index (χ1n) is 9.31. The highest BCUT2D eigenvalue weighted by Crippen LogP contribution is 2.20. The summed E-state index contributed by atoms with van der Waals surface area (Å²) in [5.74, 6) is 0.956. The number of hydrogen-bond acceptors (Lipinski definition) is 3. The van der Waals surface area contributed by atoms with Gasteiger partial charge in [-0.15, -0.1) is 0 Å². The second-order valence-electron chi connectivity index (χ2n) is 6.89. The number of hydrogen-bond donors (Lipinski definition) is 1. The van der Waals surface area contributed by atoms with Crippen LogP contribution in [0.1, 0.15) is 36.4 Å². The molecule has 2 rings (SSSR count). The first-order valence-corrected chi connectivity index (χ1v) is 10.1. The highest BCUT2D eigenvalue weighted by Gasteiger charge is 2.15. The molecule has 2 aromatic rings. The molecule has 0 bridgehead atoms. The Morgan fingerprint density at radius 3 is 2.33 bits per heavy atom. The fourth-order valence-electron chi connectivity index (χ4n) is 2.99. The number of carbonyl (C=O) groups is 1. The molecule has 1 unspecified atom stereocenters. The topological polar surface area (TPSA) is 41.6 Å². The fourth-order valence-corrected chi connectivity index (χ4v) is 3.25. The molecule has 1 amide bonds. The molecular formula is C22H29BrN2O2. The Balaban J connectivity index is 1.73. The summed E-state index contributed by atoms with van der Waals surface area (Å²) in [5, 5.41) is 3.08. The van der Waals surface area contributed by atoms with E-state index < -0.39 is 0 Å². The minimum absolute atomic E-state index is 0.117. The van der Waals surface area contributed by atoms with Crippen molar-refractivity contribution in [3.63, 3.8) is 0 Å². The summed E-state index contributed by atoms with van der Waals surface area (Å²) >= 11 is 3.45. The van der Waals surface area contributed by atoms with Crippen molar-refractivity contribution in [2.75, 3.05) is 27.7 Å². The molecule has 4 nitrogen and oxygen atoms in total. The Morgan fingerprint density at radius 1 is 1.07 bits per heavy atom. The number of carbonyl (C=O) groups excluding carboxylic acids is 1. The maximum atomic E-state index is 12.2. The number of benzene rings is 2. The van der Waals surface area contributed by atoms with Crippen molar-refractivity contribution < 1.29 is 9.53 Å². The summed E-state index contributed by atoms with van der Waals surface area (Å²) in [4.78, 5) is 14.3. The zero-order chi connectivity index (χ0) is 19.6. The van der Waals surface area contributed by atoms with Crippen LogP contribution in [-0.4, -0.2) is 38.6 Å². The van der Waals surface area contributed by atoms with Crippen LogP contribution in [0, 0.1) is 0 Å². The van der Waals surface area contributed by atoms with Gasteiger partial charge in [-0.1, -0.05) is 40.2 Å². The molecular weight excluding hydrogens is 404 g/mol. The summed E-state index contributed by atoms with van der Waals surface area (Å²) in [5.41, 5.74) is 2.47. The molecule has 27 heavy (non-hydrogen) atoms. The number of unbranched alkanes of at least 4 members (excludes halogenated alkanes) is 1. The quantitative estimate of drug-likeness (QED) is 0.558. The first-order chi connectivity index (χ1) is 13.0. The molecule has 0 aliphatic carbocycles. The zero-order valence-electron chi connectivity index (χ0n) is 16.4. The van der Waals surface area contributed by atoms with E-state index >= 15 is 0 Å². The summed E-state index contributed by atoms with van der Waals surface area (Å²) in [6.07, 6.45) is 3.49. The minimum atomic E-state index is 0.117. The lowest BCUT2D eigenvalue weighted by Crippen LogP contribution is -2.34. The number of ether oxygens (including phenoxy) is 1. The van der Waals surface area contributed by atoms with Crippen LogP contribution in [0.2, 0.25) is 0 Å². The van der Waals surface area contributed by atoms with Crippen LogP contribution in [0.15, 0.2) is 53.0 Å². The molecule has 1 N–H and O–H groups in total. The third-order valence-corrected chi connectivity index (χ3v) is 5.18. The second-order valence-corrected chi connectivity index (χ2v) is 7.81. The molecule has 0 radical (unpaired) electrons. The van der Waals surface area contributed by atoms with E-state index in [0.29, 0.717) is 13.0 Å². The summed E-state index contributed by atoms with van der Waals surface area (Å²) in [7, 11) is 5.72. The van der Waals surface area contributed by atoms with Crippen LogP contribution in [0.4, 0.5) is 0 Å². The van der Waals surface area contributed by atoms with E-state index in [-0.39, 0.29) is 11.9 Å². The van der Waals surface area contributed by atoms with Gasteiger partial charge in [0.2, 0.25) is 5.91 Å². The van der Waals surface area contributed by atoms with Crippen molar-refractivity contribution in [1.29, 1.82) is 0 Å². The lowest BCUT2D eigenvalue weighted by molar-refractivity contribution is -0.121. The van der Waals surface area contributed by atoms with E-state index in [2.05, 4.69) is 50.4 Å². The van der Waals surface area contributed by atoms with Crippen molar-refractivity contribution in [2.45, 2.75) is 31.7 Å². The van der Waals surface area contributed by atoms with E-state index in [1.165, 1.54) is 5.56 Å². The first kappa shape index (κ1) is 21.5. The SMILES string of the molecule is COc1ccc(C(CNC(=O)CCCCc2ccc(Br)cc2)N(C)C)cc1. The summed E-state index contributed by atoms with van der Waals surface area (Å²) < 4.78 is 6.31. The third kappa shape index (κ3) is 7.35. The predicted molar refractivity (Wildman–Crippen MR) is 114 cm³/mol. The van der Waals surface area contributed by atoms with E-state index in [4.69, 9.17) is 4.74 Å². The Kier molecular flexibility index (Phi) is 8.82. The molecule has 1 atom stereocenters. The van der Waals surface area contributed by atoms with Gasteiger partial charge in [-0.05, 0) is 68.8 Å². The van der Waals surface area contributed by atoms with Crippen LogP contribution < -0.4 is 10.1 Å². The van der Waals surface area contributed by atoms with Crippen molar-refractivity contribution >= 4 is 21.8 Å². The van der Waals surface area contributed by atoms with Gasteiger partial charge in [0, 0.05) is 17.4 Å². The Labute approximate surface area is 171 Å². The number of methoxy groups -OCH3 is 1. The summed E-state index contributed by atoms with van der Waals surface area (Å²) in [6, 6.07) is 16.5. The Bertz CT molecular complexity index is 699. The van der Waals surface area contributed by atoms with E-state index in [1.807, 2.05) is 38.4 Å². The molecule has 0 aromatic heterocycles. The fraction of sp³-hybridized carbons (Fsp3) is 0.409. The third-order valence-electron chi connectivity index (χ3n) is 4.65. The van der Waals surface area contributed by atoms with Gasteiger partial charge < -0.3 is 15.0 Å². The Hall–Kier alpha value is -1.85. The summed E-state index contributed by atoms with van der Waals surface area (Å²) in [6.45, 7) is 0.602. The monoisotopic (exact) mass is 432 g/mol. The van der Waals surface area contributed by atoms with Crippen molar-refractivity contribution in [2.24, 2.45) is 0 Å². The molecule has 0 spiro atoms. The maximum Gasteiger partial charge on any atom is 0.220 e. The van der Waals surface area contributed by atoms with Crippen LogP contribution in [0.25, 0.3) is 0 Å². The lowest BCUT2D eigenvalue weighted by atomic mass is 10.1. The Morgan fingerprint density at radius 2 is 1.74 bits per heavy atom. The molecule has 0 heterocycles. The molecule has 5 heteroatoms.